The summed E-state index contributed by atoms with van der Waals surface area (Å²) < 4.78 is 15.5. The number of carbonyl (C=O) groups excluding carboxylic acids is 1. The first-order valence-corrected chi connectivity index (χ1v) is 7.06. The van der Waals surface area contributed by atoms with E-state index in [-0.39, 0.29) is 12.5 Å². The van der Waals surface area contributed by atoms with Gasteiger partial charge in [0, 0.05) is 11.8 Å². The summed E-state index contributed by atoms with van der Waals surface area (Å²) in [6.45, 7) is 0.120. The van der Waals surface area contributed by atoms with E-state index in [1.807, 2.05) is 0 Å². The molecule has 0 aliphatic rings. The lowest BCUT2D eigenvalue weighted by Crippen LogP contribution is -2.21. The Hall–Kier alpha value is -2.89. The molecule has 0 spiro atoms. The minimum absolute atomic E-state index is 0.120. The van der Waals surface area contributed by atoms with Crippen LogP contribution in [-0.4, -0.2) is 33.8 Å². The highest BCUT2D eigenvalue weighted by atomic mass is 16.5. The average Bonchev–Trinajstić information content (AvgIpc) is 2.60. The fourth-order valence-corrected chi connectivity index (χ4v) is 2.00. The zero-order valence-electron chi connectivity index (χ0n) is 13.4. The van der Waals surface area contributed by atoms with Crippen molar-refractivity contribution in [3.63, 3.8) is 0 Å². The summed E-state index contributed by atoms with van der Waals surface area (Å²) in [4.78, 5) is 12.0. The summed E-state index contributed by atoms with van der Waals surface area (Å²) in [6, 6.07) is 12.5. The number of methoxy groups -OCH3 is 3. The first kappa shape index (κ1) is 16.5. The van der Waals surface area contributed by atoms with Crippen molar-refractivity contribution in [2.75, 3.05) is 38.5 Å². The molecule has 6 heteroatoms. The van der Waals surface area contributed by atoms with E-state index in [4.69, 9.17) is 14.2 Å². The third-order valence-corrected chi connectivity index (χ3v) is 3.22. The highest BCUT2D eigenvalue weighted by Gasteiger charge is 2.07. The predicted molar refractivity (Wildman–Crippen MR) is 89.7 cm³/mol. The van der Waals surface area contributed by atoms with Crippen molar-refractivity contribution in [1.29, 1.82) is 0 Å². The maximum absolute atomic E-state index is 12.0. The molecule has 6 nitrogen and oxygen atoms in total. The molecule has 0 heterocycles. The standard InChI is InChI=1S/C17H20N2O4/c1-21-13-6-4-12(5-7-13)19-17(20)11-18-15-9-8-14(22-2)10-16(15)23-3/h4-10,18H,11H2,1-3H3,(H,19,20). The molecule has 0 saturated carbocycles. The third kappa shape index (κ3) is 4.54. The van der Waals surface area contributed by atoms with Crippen LogP contribution >= 0.6 is 0 Å². The number of anilines is 2. The van der Waals surface area contributed by atoms with E-state index in [1.165, 1.54) is 0 Å². The molecule has 2 aromatic carbocycles. The van der Waals surface area contributed by atoms with E-state index >= 15 is 0 Å². The van der Waals surface area contributed by atoms with Gasteiger partial charge in [0.25, 0.3) is 0 Å². The van der Waals surface area contributed by atoms with Gasteiger partial charge in [0.15, 0.2) is 0 Å². The van der Waals surface area contributed by atoms with Gasteiger partial charge in [-0.1, -0.05) is 0 Å². The summed E-state index contributed by atoms with van der Waals surface area (Å²) >= 11 is 0. The summed E-state index contributed by atoms with van der Waals surface area (Å²) in [7, 11) is 4.75. The summed E-state index contributed by atoms with van der Waals surface area (Å²) in [5.41, 5.74) is 1.43. The number of rotatable bonds is 7. The minimum Gasteiger partial charge on any atom is -0.497 e. The van der Waals surface area contributed by atoms with Gasteiger partial charge in [-0.05, 0) is 36.4 Å². The first-order chi connectivity index (χ1) is 11.2. The van der Waals surface area contributed by atoms with Gasteiger partial charge >= 0.3 is 0 Å². The fraction of sp³-hybridized carbons (Fsp3) is 0.235. The van der Waals surface area contributed by atoms with Crippen LogP contribution in [0.15, 0.2) is 42.5 Å². The monoisotopic (exact) mass is 316 g/mol. The number of benzene rings is 2. The van der Waals surface area contributed by atoms with Crippen LogP contribution in [0.5, 0.6) is 17.2 Å². The van der Waals surface area contributed by atoms with Crippen molar-refractivity contribution in [2.24, 2.45) is 0 Å². The number of hydrogen-bond donors (Lipinski definition) is 2. The van der Waals surface area contributed by atoms with E-state index in [0.717, 1.165) is 11.4 Å². The van der Waals surface area contributed by atoms with Gasteiger partial charge in [0.05, 0.1) is 33.6 Å². The molecule has 0 aromatic heterocycles. The Morgan fingerprint density at radius 2 is 1.57 bits per heavy atom. The van der Waals surface area contributed by atoms with Gasteiger partial charge in [-0.3, -0.25) is 4.79 Å². The summed E-state index contributed by atoms with van der Waals surface area (Å²) in [5.74, 6) is 1.88. The molecule has 2 rings (SSSR count). The molecular formula is C17H20N2O4. The van der Waals surface area contributed by atoms with E-state index < -0.39 is 0 Å². The lowest BCUT2D eigenvalue weighted by molar-refractivity contribution is -0.114. The molecule has 0 bridgehead atoms. The molecule has 23 heavy (non-hydrogen) atoms. The highest BCUT2D eigenvalue weighted by molar-refractivity contribution is 5.94. The van der Waals surface area contributed by atoms with Gasteiger partial charge < -0.3 is 24.8 Å². The second-order valence-corrected chi connectivity index (χ2v) is 4.70. The number of ether oxygens (including phenoxy) is 3. The van der Waals surface area contributed by atoms with Crippen molar-refractivity contribution in [2.45, 2.75) is 0 Å². The summed E-state index contributed by atoms with van der Waals surface area (Å²) in [5, 5.41) is 5.84. The van der Waals surface area contributed by atoms with Crippen LogP contribution in [0.2, 0.25) is 0 Å². The second kappa shape index (κ2) is 7.93. The molecule has 2 aromatic rings. The average molecular weight is 316 g/mol. The van der Waals surface area contributed by atoms with Crippen molar-refractivity contribution < 1.29 is 19.0 Å². The van der Waals surface area contributed by atoms with Crippen molar-refractivity contribution >= 4 is 17.3 Å². The van der Waals surface area contributed by atoms with Crippen molar-refractivity contribution in [3.8, 4) is 17.2 Å². The molecule has 0 radical (unpaired) electrons. The normalized spacial score (nSPS) is 9.87. The molecule has 122 valence electrons. The maximum Gasteiger partial charge on any atom is 0.243 e. The van der Waals surface area contributed by atoms with Crippen LogP contribution < -0.4 is 24.8 Å². The molecular weight excluding hydrogens is 296 g/mol. The topological polar surface area (TPSA) is 68.8 Å². The van der Waals surface area contributed by atoms with Crippen LogP contribution in [0.3, 0.4) is 0 Å². The predicted octanol–water partition coefficient (Wildman–Crippen LogP) is 2.76. The zero-order valence-corrected chi connectivity index (χ0v) is 13.4. The molecule has 1 amide bonds. The Morgan fingerprint density at radius 1 is 0.913 bits per heavy atom. The van der Waals surface area contributed by atoms with Gasteiger partial charge in [-0.2, -0.15) is 0 Å². The van der Waals surface area contributed by atoms with Crippen molar-refractivity contribution in [3.05, 3.63) is 42.5 Å². The number of amides is 1. The Morgan fingerprint density at radius 3 is 2.17 bits per heavy atom. The van der Waals surface area contributed by atoms with Gasteiger partial charge in [-0.15, -0.1) is 0 Å². The Labute approximate surface area is 135 Å². The van der Waals surface area contributed by atoms with Gasteiger partial charge in [0.2, 0.25) is 5.91 Å². The number of hydrogen-bond acceptors (Lipinski definition) is 5. The highest BCUT2D eigenvalue weighted by Crippen LogP contribution is 2.28. The molecule has 0 aliphatic carbocycles. The van der Waals surface area contributed by atoms with E-state index in [2.05, 4.69) is 10.6 Å². The molecule has 0 unspecified atom stereocenters. The third-order valence-electron chi connectivity index (χ3n) is 3.22. The Balaban J connectivity index is 1.93. The lowest BCUT2D eigenvalue weighted by Gasteiger charge is -2.12. The van der Waals surface area contributed by atoms with E-state index in [0.29, 0.717) is 17.2 Å². The fourth-order valence-electron chi connectivity index (χ4n) is 2.00. The maximum atomic E-state index is 12.0. The largest absolute Gasteiger partial charge is 0.497 e. The second-order valence-electron chi connectivity index (χ2n) is 4.70. The van der Waals surface area contributed by atoms with Gasteiger partial charge in [-0.25, -0.2) is 0 Å². The van der Waals surface area contributed by atoms with Crippen LogP contribution in [0.1, 0.15) is 0 Å². The lowest BCUT2D eigenvalue weighted by atomic mass is 10.2. The Bertz CT molecular complexity index is 656. The first-order valence-electron chi connectivity index (χ1n) is 7.06. The van der Waals surface area contributed by atoms with Crippen molar-refractivity contribution in [1.82, 2.24) is 0 Å². The van der Waals surface area contributed by atoms with Crippen LogP contribution in [0.4, 0.5) is 11.4 Å². The molecule has 0 fully saturated rings. The van der Waals surface area contributed by atoms with Gasteiger partial charge in [0.1, 0.15) is 17.2 Å². The van der Waals surface area contributed by atoms with Crippen LogP contribution in [-0.2, 0) is 4.79 Å². The molecule has 0 aliphatic heterocycles. The zero-order chi connectivity index (χ0) is 16.7. The number of carbonyl (C=O) groups is 1. The molecule has 0 atom stereocenters. The van der Waals surface area contributed by atoms with Crippen LogP contribution in [0.25, 0.3) is 0 Å². The summed E-state index contributed by atoms with van der Waals surface area (Å²) in [6.07, 6.45) is 0. The number of nitrogens with one attached hydrogen (secondary N) is 2. The smallest absolute Gasteiger partial charge is 0.243 e. The van der Waals surface area contributed by atoms with E-state index in [1.54, 1.807) is 63.8 Å². The Kier molecular flexibility index (Phi) is 5.68. The van der Waals surface area contributed by atoms with Crippen LogP contribution in [0, 0.1) is 0 Å². The quantitative estimate of drug-likeness (QED) is 0.822. The van der Waals surface area contributed by atoms with E-state index in [9.17, 15) is 4.79 Å². The molecule has 2 N–H and O–H groups in total. The SMILES string of the molecule is COc1ccc(NC(=O)CNc2ccc(OC)cc2OC)cc1. The molecule has 0 saturated heterocycles. The minimum atomic E-state index is -0.159.